The molecule has 0 fully saturated rings. The highest BCUT2D eigenvalue weighted by Crippen LogP contribution is 2.24. The molecule has 0 saturated carbocycles. The lowest BCUT2D eigenvalue weighted by Crippen LogP contribution is -3.61. The van der Waals surface area contributed by atoms with Crippen LogP contribution in [0.15, 0.2) is 42.5 Å². The fourth-order valence-electron chi connectivity index (χ4n) is 2.37. The Morgan fingerprint density at radius 2 is 1.70 bits per heavy atom. The van der Waals surface area contributed by atoms with Gasteiger partial charge >= 0.3 is 27.4 Å². The molecule has 0 radical (unpaired) electrons. The van der Waals surface area contributed by atoms with Gasteiger partial charge < -0.3 is 24.5 Å². The number of unbranched alkanes of at least 4 members (excludes halogenated alkanes) is 2. The number of carbonyl (C=O) groups is 1. The zero-order valence-corrected chi connectivity index (χ0v) is 18.8. The second kappa shape index (κ2) is 13.3. The first kappa shape index (κ1) is 26.0. The van der Waals surface area contributed by atoms with Crippen molar-refractivity contribution in [2.75, 3.05) is 20.8 Å². The molecule has 0 amide bonds. The van der Waals surface area contributed by atoms with Gasteiger partial charge in [-0.25, -0.2) is 0 Å². The van der Waals surface area contributed by atoms with Gasteiger partial charge in [0, 0.05) is 18.2 Å². The van der Waals surface area contributed by atoms with Gasteiger partial charge in [0.05, 0.1) is 14.2 Å². The van der Waals surface area contributed by atoms with Crippen molar-refractivity contribution in [3.05, 3.63) is 55.2 Å². The van der Waals surface area contributed by atoms with E-state index in [4.69, 9.17) is 24.5 Å². The largest absolute Gasteiger partial charge is 0.542 e. The molecule has 166 valence electrons. The summed E-state index contributed by atoms with van der Waals surface area (Å²) in [5.74, 6) is -1.23. The standard InChI is InChI=1S/C19H24IO3.C2HF3O2/c1-22-17-13-15(9-5-4-8-12-21)19(18(14-17)23-2)20-16-10-6-3-7-11-16;3-2(4,5)1(6)7/h3,6-7,10-11,13-14,21H,4-5,8-9,12H2,1-2H3;(H,6,7)/q+1;/p-1. The molecule has 0 atom stereocenters. The Hall–Kier alpha value is -2.01. The van der Waals surface area contributed by atoms with E-state index in [1.807, 2.05) is 12.1 Å². The lowest BCUT2D eigenvalue weighted by atomic mass is 10.1. The fourth-order valence-corrected chi connectivity index (χ4v) is 5.19. The van der Waals surface area contributed by atoms with Gasteiger partial charge in [0.25, 0.3) is 0 Å². The Morgan fingerprint density at radius 3 is 2.20 bits per heavy atom. The maximum atomic E-state index is 10.5. The molecule has 0 aromatic heterocycles. The number of methoxy groups -OCH3 is 2. The van der Waals surface area contributed by atoms with E-state index in [9.17, 15) is 13.2 Å². The number of alkyl halides is 3. The number of rotatable bonds is 9. The molecule has 2 rings (SSSR count). The predicted molar refractivity (Wildman–Crippen MR) is 99.1 cm³/mol. The summed E-state index contributed by atoms with van der Waals surface area (Å²) >= 11 is -0.295. The third-order valence-corrected chi connectivity index (χ3v) is 6.92. The van der Waals surface area contributed by atoms with Crippen LogP contribution < -0.4 is 35.8 Å². The zero-order chi connectivity index (χ0) is 22.6. The van der Waals surface area contributed by atoms with Crippen molar-refractivity contribution in [2.24, 2.45) is 0 Å². The smallest absolute Gasteiger partial charge is 0.430 e. The van der Waals surface area contributed by atoms with E-state index >= 15 is 0 Å². The van der Waals surface area contributed by atoms with Gasteiger partial charge in [0.1, 0.15) is 11.7 Å². The summed E-state index contributed by atoms with van der Waals surface area (Å²) in [6, 6.07) is 14.7. The summed E-state index contributed by atoms with van der Waals surface area (Å²) in [5, 5.41) is 17.7. The van der Waals surface area contributed by atoms with Gasteiger partial charge in [-0.1, -0.05) is 24.6 Å². The van der Waals surface area contributed by atoms with Crippen molar-refractivity contribution in [2.45, 2.75) is 31.9 Å². The number of hydrogen-bond donors (Lipinski definition) is 1. The van der Waals surface area contributed by atoms with Gasteiger partial charge in [0.2, 0.25) is 3.57 Å². The molecule has 9 heteroatoms. The van der Waals surface area contributed by atoms with E-state index in [2.05, 4.69) is 30.3 Å². The highest BCUT2D eigenvalue weighted by molar-refractivity contribution is 5.70. The summed E-state index contributed by atoms with van der Waals surface area (Å²) in [6.45, 7) is 0.269. The molecule has 0 aliphatic rings. The molecule has 0 unspecified atom stereocenters. The van der Waals surface area contributed by atoms with Crippen LogP contribution in [0.3, 0.4) is 0 Å². The molecule has 0 heterocycles. The number of hydrogen-bond acceptors (Lipinski definition) is 5. The summed E-state index contributed by atoms with van der Waals surface area (Å²) in [7, 11) is 3.42. The highest BCUT2D eigenvalue weighted by Gasteiger charge is 2.29. The second-order valence-electron chi connectivity index (χ2n) is 6.01. The minimum atomic E-state index is -5.19. The van der Waals surface area contributed by atoms with Crippen molar-refractivity contribution < 1.29 is 58.9 Å². The second-order valence-corrected chi connectivity index (χ2v) is 8.88. The Morgan fingerprint density at radius 1 is 1.07 bits per heavy atom. The summed E-state index contributed by atoms with van der Waals surface area (Å²) in [5.41, 5.74) is 1.32. The van der Waals surface area contributed by atoms with Crippen LogP contribution in [0.4, 0.5) is 13.2 Å². The monoisotopic (exact) mass is 540 g/mol. The minimum absolute atomic E-state index is 0.269. The molecule has 0 aliphatic carbocycles. The third-order valence-electron chi connectivity index (χ3n) is 3.82. The number of carboxylic acids is 1. The number of halogens is 4. The third kappa shape index (κ3) is 9.21. The number of aliphatic hydroxyl groups is 1. The number of carboxylic acid groups (broad SMARTS) is 1. The molecule has 0 aliphatic heterocycles. The predicted octanol–water partition coefficient (Wildman–Crippen LogP) is -0.164. The van der Waals surface area contributed by atoms with E-state index in [1.54, 1.807) is 14.2 Å². The summed E-state index contributed by atoms with van der Waals surface area (Å²) < 4.78 is 45.3. The van der Waals surface area contributed by atoms with E-state index in [-0.39, 0.29) is 27.8 Å². The molecule has 2 aromatic rings. The first-order chi connectivity index (χ1) is 14.2. The van der Waals surface area contributed by atoms with Crippen LogP contribution in [-0.2, 0) is 11.2 Å². The zero-order valence-electron chi connectivity index (χ0n) is 16.7. The number of aliphatic carboxylic acids is 1. The topological polar surface area (TPSA) is 78.8 Å². The van der Waals surface area contributed by atoms with Crippen LogP contribution in [0.25, 0.3) is 0 Å². The van der Waals surface area contributed by atoms with Crippen LogP contribution >= 0.6 is 0 Å². The molecule has 30 heavy (non-hydrogen) atoms. The van der Waals surface area contributed by atoms with Crippen LogP contribution in [0, 0.1) is 7.14 Å². The number of carbonyl (C=O) groups excluding carboxylic acids is 1. The van der Waals surface area contributed by atoms with Crippen LogP contribution in [0.1, 0.15) is 24.8 Å². The van der Waals surface area contributed by atoms with Crippen molar-refractivity contribution in [3.8, 4) is 11.5 Å². The van der Waals surface area contributed by atoms with Gasteiger partial charge in [-0.2, -0.15) is 13.2 Å². The minimum Gasteiger partial charge on any atom is -0.542 e. The lowest BCUT2D eigenvalue weighted by Gasteiger charge is -2.09. The van der Waals surface area contributed by atoms with E-state index in [1.165, 1.54) is 12.7 Å². The van der Waals surface area contributed by atoms with Crippen molar-refractivity contribution >= 4 is 5.97 Å². The number of aryl methyl sites for hydroxylation is 1. The lowest BCUT2D eigenvalue weighted by molar-refractivity contribution is -0.599. The summed E-state index contributed by atoms with van der Waals surface area (Å²) in [6.07, 6.45) is -1.22. The van der Waals surface area contributed by atoms with Gasteiger partial charge in [-0.3, -0.25) is 0 Å². The molecular weight excluding hydrogens is 516 g/mol. The maximum absolute atomic E-state index is 10.5. The molecular formula is C21H24F3IO5. The first-order valence-electron chi connectivity index (χ1n) is 9.06. The maximum Gasteiger partial charge on any atom is 0.430 e. The average molecular weight is 540 g/mol. The Kier molecular flexibility index (Phi) is 11.6. The van der Waals surface area contributed by atoms with Crippen molar-refractivity contribution in [3.63, 3.8) is 0 Å². The Labute approximate surface area is 184 Å². The van der Waals surface area contributed by atoms with E-state index in [0.29, 0.717) is 0 Å². The number of aliphatic hydroxyl groups excluding tert-OH is 1. The quantitative estimate of drug-likeness (QED) is 0.354. The molecule has 1 N–H and O–H groups in total. The first-order valence-corrected chi connectivity index (χ1v) is 11.2. The molecule has 0 bridgehead atoms. The Bertz CT molecular complexity index is 782. The SMILES string of the molecule is COc1cc(CCCCCO)c([I+]c2ccccc2)c(OC)c1.O=C([O-])C(F)(F)F. The van der Waals surface area contributed by atoms with Crippen molar-refractivity contribution in [1.82, 2.24) is 0 Å². The fraction of sp³-hybridized carbons (Fsp3) is 0.381. The number of ether oxygens (including phenoxy) is 2. The van der Waals surface area contributed by atoms with Gasteiger partial charge in [-0.05, 0) is 37.5 Å². The van der Waals surface area contributed by atoms with E-state index < -0.39 is 12.1 Å². The normalized spacial score (nSPS) is 10.7. The van der Waals surface area contributed by atoms with Gasteiger partial charge in [0.15, 0.2) is 9.32 Å². The van der Waals surface area contributed by atoms with Crippen LogP contribution in [0.2, 0.25) is 0 Å². The van der Waals surface area contributed by atoms with Gasteiger partial charge in [-0.15, -0.1) is 0 Å². The van der Waals surface area contributed by atoms with Crippen LogP contribution in [-0.4, -0.2) is 38.1 Å². The molecule has 5 nitrogen and oxygen atoms in total. The van der Waals surface area contributed by atoms with Crippen molar-refractivity contribution in [1.29, 1.82) is 0 Å². The highest BCUT2D eigenvalue weighted by atomic mass is 127. The Balaban J connectivity index is 0.000000553. The molecule has 0 saturated heterocycles. The molecule has 2 aromatic carbocycles. The summed E-state index contributed by atoms with van der Waals surface area (Å²) in [4.78, 5) is 8.78. The number of benzene rings is 2. The average Bonchev–Trinajstić information content (AvgIpc) is 2.72. The van der Waals surface area contributed by atoms with E-state index in [0.717, 1.165) is 37.2 Å². The molecule has 0 spiro atoms. The van der Waals surface area contributed by atoms with Crippen LogP contribution in [0.5, 0.6) is 11.5 Å².